The number of ether oxygens (including phenoxy) is 1. The van der Waals surface area contributed by atoms with E-state index in [1.165, 1.54) is 16.2 Å². The van der Waals surface area contributed by atoms with Crippen LogP contribution in [0.3, 0.4) is 0 Å². The van der Waals surface area contributed by atoms with Gasteiger partial charge in [0.15, 0.2) is 5.76 Å². The molecule has 1 aliphatic rings. The number of hydrogen-bond acceptors (Lipinski definition) is 6. The summed E-state index contributed by atoms with van der Waals surface area (Å²) >= 11 is 1.26. The number of Topliss-reactive ketones (excluding diaryl/α,β-unsaturated/α-hetero) is 1. The molecule has 3 aromatic carbocycles. The van der Waals surface area contributed by atoms with Crippen molar-refractivity contribution in [3.63, 3.8) is 0 Å². The van der Waals surface area contributed by atoms with Crippen molar-refractivity contribution in [2.45, 2.75) is 26.8 Å². The van der Waals surface area contributed by atoms with Crippen LogP contribution < -0.4 is 9.64 Å². The molecule has 0 spiro atoms. The molecule has 2 heterocycles. The maximum Gasteiger partial charge on any atom is 0.294 e. The molecule has 37 heavy (non-hydrogen) atoms. The summed E-state index contributed by atoms with van der Waals surface area (Å²) < 4.78 is 5.70. The van der Waals surface area contributed by atoms with Crippen LogP contribution in [0.25, 0.3) is 10.6 Å². The minimum Gasteiger partial charge on any atom is -0.503 e. The van der Waals surface area contributed by atoms with Crippen molar-refractivity contribution in [1.29, 1.82) is 0 Å². The van der Waals surface area contributed by atoms with Gasteiger partial charge in [0.1, 0.15) is 10.8 Å². The lowest BCUT2D eigenvalue weighted by atomic mass is 9.94. The van der Waals surface area contributed by atoms with Gasteiger partial charge in [-0.05, 0) is 56.2 Å². The molecule has 1 amide bonds. The molecule has 0 aliphatic carbocycles. The second-order valence-electron chi connectivity index (χ2n) is 8.81. The topological polar surface area (TPSA) is 79.7 Å². The number of aryl methyl sites for hydroxylation is 2. The summed E-state index contributed by atoms with van der Waals surface area (Å²) in [5.74, 6) is -0.959. The molecule has 6 nitrogen and oxygen atoms in total. The van der Waals surface area contributed by atoms with E-state index in [4.69, 9.17) is 4.74 Å². The Morgan fingerprint density at radius 2 is 1.78 bits per heavy atom. The summed E-state index contributed by atoms with van der Waals surface area (Å²) in [6.45, 7) is 6.07. The number of aliphatic hydroxyl groups excluding tert-OH is 1. The average Bonchev–Trinajstić information content (AvgIpc) is 3.42. The molecule has 0 saturated carbocycles. The number of carbonyl (C=O) groups excluding carboxylic acids is 2. The molecule has 186 valence electrons. The van der Waals surface area contributed by atoms with Crippen molar-refractivity contribution in [1.82, 2.24) is 4.98 Å². The van der Waals surface area contributed by atoms with Gasteiger partial charge in [0.05, 0.1) is 28.8 Å². The third-order valence-electron chi connectivity index (χ3n) is 6.24. The van der Waals surface area contributed by atoms with E-state index in [1.807, 2.05) is 86.6 Å². The van der Waals surface area contributed by atoms with E-state index < -0.39 is 23.5 Å². The first kappa shape index (κ1) is 24.5. The van der Waals surface area contributed by atoms with Crippen LogP contribution in [0.5, 0.6) is 5.75 Å². The Balaban J connectivity index is 1.64. The average molecular weight is 511 g/mol. The summed E-state index contributed by atoms with van der Waals surface area (Å²) in [6.07, 6.45) is 0. The van der Waals surface area contributed by atoms with Crippen LogP contribution in [-0.4, -0.2) is 28.4 Å². The lowest BCUT2D eigenvalue weighted by Gasteiger charge is -2.27. The smallest absolute Gasteiger partial charge is 0.294 e. The summed E-state index contributed by atoms with van der Waals surface area (Å²) in [6, 6.07) is 23.5. The molecule has 1 aliphatic heterocycles. The van der Waals surface area contributed by atoms with Gasteiger partial charge >= 0.3 is 0 Å². The van der Waals surface area contributed by atoms with Crippen LogP contribution in [0.15, 0.2) is 90.2 Å². The van der Waals surface area contributed by atoms with E-state index in [9.17, 15) is 14.7 Å². The molecular weight excluding hydrogens is 484 g/mol. The number of thiazole rings is 1. The maximum atomic E-state index is 14.0. The van der Waals surface area contributed by atoms with Crippen molar-refractivity contribution in [3.05, 3.63) is 112 Å². The Morgan fingerprint density at radius 3 is 2.51 bits per heavy atom. The molecule has 1 atom stereocenters. The largest absolute Gasteiger partial charge is 0.503 e. The highest BCUT2D eigenvalue weighted by atomic mass is 32.1. The molecule has 1 aromatic heterocycles. The number of rotatable bonds is 7. The van der Waals surface area contributed by atoms with E-state index in [1.54, 1.807) is 13.0 Å². The zero-order valence-corrected chi connectivity index (χ0v) is 21.6. The van der Waals surface area contributed by atoms with Gasteiger partial charge in [-0.25, -0.2) is 4.98 Å². The van der Waals surface area contributed by atoms with Crippen molar-refractivity contribution >= 4 is 28.7 Å². The number of aliphatic hydroxyl groups is 1. The highest BCUT2D eigenvalue weighted by Gasteiger charge is 2.45. The minimum absolute atomic E-state index is 0.0338. The second kappa shape index (κ2) is 10.0. The third kappa shape index (κ3) is 4.54. The van der Waals surface area contributed by atoms with Gasteiger partial charge in [-0.3, -0.25) is 14.5 Å². The first-order valence-electron chi connectivity index (χ1n) is 12.0. The monoisotopic (exact) mass is 510 g/mol. The van der Waals surface area contributed by atoms with Gasteiger partial charge in [0, 0.05) is 11.3 Å². The summed E-state index contributed by atoms with van der Waals surface area (Å²) in [5, 5.41) is 11.8. The van der Waals surface area contributed by atoms with Gasteiger partial charge in [-0.2, -0.15) is 0 Å². The number of benzene rings is 3. The Bertz CT molecular complexity index is 1520. The van der Waals surface area contributed by atoms with Crippen LogP contribution in [0.1, 0.15) is 39.5 Å². The van der Waals surface area contributed by atoms with Crippen molar-refractivity contribution in [2.75, 3.05) is 11.5 Å². The van der Waals surface area contributed by atoms with Crippen LogP contribution >= 0.6 is 11.3 Å². The lowest BCUT2D eigenvalue weighted by molar-refractivity contribution is -0.117. The van der Waals surface area contributed by atoms with Crippen LogP contribution in [0.2, 0.25) is 0 Å². The standard InChI is InChI=1S/C30H26N2O4S/c1-4-36-23-15-9-13-21(17-23)25-24(27(34)30(35)32(25)22-14-8-10-18(2)16-22)26(33)28-19(3)31-29(37-28)20-11-6-5-7-12-20/h5-17,25,34H,4H2,1-3H3. The molecule has 5 rings (SSSR count). The number of carbonyl (C=O) groups is 2. The minimum atomic E-state index is -0.830. The zero-order valence-electron chi connectivity index (χ0n) is 20.8. The molecule has 0 saturated heterocycles. The fourth-order valence-corrected chi connectivity index (χ4v) is 5.60. The van der Waals surface area contributed by atoms with Gasteiger partial charge < -0.3 is 9.84 Å². The first-order valence-corrected chi connectivity index (χ1v) is 12.8. The Labute approximate surface area is 219 Å². The highest BCUT2D eigenvalue weighted by Crippen LogP contribution is 2.44. The van der Waals surface area contributed by atoms with Crippen LogP contribution in [-0.2, 0) is 4.79 Å². The number of nitrogens with zero attached hydrogens (tertiary/aromatic N) is 2. The van der Waals surface area contributed by atoms with E-state index in [2.05, 4.69) is 4.98 Å². The Kier molecular flexibility index (Phi) is 6.63. The normalized spacial score (nSPS) is 15.4. The molecule has 4 aromatic rings. The van der Waals surface area contributed by atoms with Crippen molar-refractivity contribution < 1.29 is 19.4 Å². The van der Waals surface area contributed by atoms with Crippen molar-refractivity contribution in [3.8, 4) is 16.3 Å². The molecule has 1 N–H and O–H groups in total. The van der Waals surface area contributed by atoms with Crippen molar-refractivity contribution in [2.24, 2.45) is 0 Å². The van der Waals surface area contributed by atoms with E-state index in [0.717, 1.165) is 11.1 Å². The van der Waals surface area contributed by atoms with Gasteiger partial charge in [0.25, 0.3) is 5.91 Å². The molecule has 7 heteroatoms. The first-order chi connectivity index (χ1) is 17.9. The van der Waals surface area contributed by atoms with Crippen LogP contribution in [0, 0.1) is 13.8 Å². The molecule has 0 bridgehead atoms. The summed E-state index contributed by atoms with van der Waals surface area (Å²) in [4.78, 5) is 34.0. The molecule has 1 unspecified atom stereocenters. The maximum absolute atomic E-state index is 14.0. The molecule has 0 fully saturated rings. The van der Waals surface area contributed by atoms with Crippen LogP contribution in [0.4, 0.5) is 5.69 Å². The van der Waals surface area contributed by atoms with E-state index in [-0.39, 0.29) is 5.57 Å². The molecule has 0 radical (unpaired) electrons. The number of aromatic nitrogens is 1. The summed E-state index contributed by atoms with van der Waals surface area (Å²) in [7, 11) is 0. The Morgan fingerprint density at radius 1 is 1.03 bits per heavy atom. The zero-order chi connectivity index (χ0) is 26.1. The van der Waals surface area contributed by atoms with Gasteiger partial charge in [0.2, 0.25) is 5.78 Å². The SMILES string of the molecule is CCOc1cccc(C2C(C(=O)c3sc(-c4ccccc4)nc3C)=C(O)C(=O)N2c2cccc(C)c2)c1. The number of hydrogen-bond donors (Lipinski definition) is 1. The third-order valence-corrected chi connectivity index (χ3v) is 7.45. The van der Waals surface area contributed by atoms with Gasteiger partial charge in [-0.15, -0.1) is 11.3 Å². The Hall–Kier alpha value is -4.23. The second-order valence-corrected chi connectivity index (χ2v) is 9.81. The van der Waals surface area contributed by atoms with E-state index >= 15 is 0 Å². The number of amides is 1. The predicted molar refractivity (Wildman–Crippen MR) is 145 cm³/mol. The quantitative estimate of drug-likeness (QED) is 0.283. The fourth-order valence-electron chi connectivity index (χ4n) is 4.57. The highest BCUT2D eigenvalue weighted by molar-refractivity contribution is 7.17. The number of anilines is 1. The lowest BCUT2D eigenvalue weighted by Crippen LogP contribution is -2.31. The molecular formula is C30H26N2O4S. The summed E-state index contributed by atoms with van der Waals surface area (Å²) in [5.41, 5.74) is 3.70. The predicted octanol–water partition coefficient (Wildman–Crippen LogP) is 6.61. The fraction of sp³-hybridized carbons (Fsp3) is 0.167. The van der Waals surface area contributed by atoms with E-state index in [0.29, 0.717) is 39.2 Å². The van der Waals surface area contributed by atoms with Gasteiger partial charge in [-0.1, -0.05) is 54.6 Å². The number of ketones is 1.